The number of fused-ring (bicyclic) bond motifs is 1. The summed E-state index contributed by atoms with van der Waals surface area (Å²) >= 11 is 5.96. The van der Waals surface area contributed by atoms with E-state index in [0.717, 1.165) is 11.3 Å². The number of halogens is 1. The number of imidazole rings is 1. The maximum Gasteiger partial charge on any atom is 0.239 e. The molecule has 8 heteroatoms. The molecule has 0 aliphatic rings. The van der Waals surface area contributed by atoms with Crippen molar-refractivity contribution in [3.63, 3.8) is 0 Å². The maximum atomic E-state index is 11.8. The number of aliphatic imine (C=N–C) groups is 1. The molecular weight excluding hydrogens is 328 g/mol. The molecule has 3 N–H and O–H groups in total. The smallest absolute Gasteiger partial charge is 0.239 e. The predicted molar refractivity (Wildman–Crippen MR) is 96.3 cm³/mol. The van der Waals surface area contributed by atoms with Gasteiger partial charge in [-0.25, -0.2) is 4.98 Å². The molecule has 0 saturated heterocycles. The summed E-state index contributed by atoms with van der Waals surface area (Å²) < 4.78 is 1.87. The van der Waals surface area contributed by atoms with E-state index in [2.05, 4.69) is 25.9 Å². The summed E-state index contributed by atoms with van der Waals surface area (Å²) in [6, 6.07) is 3.66. The SMILES string of the molecule is CN=C(NCC(=O)NC(C)(C)C)NCc1cn2cc(Cl)ccc2n1. The van der Waals surface area contributed by atoms with Crippen molar-refractivity contribution in [1.29, 1.82) is 0 Å². The standard InChI is InChI=1S/C16H23ClN6O/c1-16(2,3)22-14(24)8-20-15(18-4)19-7-12-10-23-9-11(17)5-6-13(23)21-12/h5-6,9-10H,7-8H2,1-4H3,(H,22,24)(H2,18,19,20). The van der Waals surface area contributed by atoms with Crippen LogP contribution in [0.15, 0.2) is 29.5 Å². The number of amides is 1. The summed E-state index contributed by atoms with van der Waals surface area (Å²) in [4.78, 5) is 20.4. The number of hydrogen-bond donors (Lipinski definition) is 3. The highest BCUT2D eigenvalue weighted by Gasteiger charge is 2.13. The number of pyridine rings is 1. The second-order valence-corrected chi connectivity index (χ2v) is 6.86. The summed E-state index contributed by atoms with van der Waals surface area (Å²) in [6.07, 6.45) is 3.70. The van der Waals surface area contributed by atoms with Gasteiger partial charge < -0.3 is 20.4 Å². The second-order valence-electron chi connectivity index (χ2n) is 6.42. The molecule has 2 aromatic heterocycles. The fraction of sp³-hybridized carbons (Fsp3) is 0.438. The Hall–Kier alpha value is -2.28. The predicted octanol–water partition coefficient (Wildman–Crippen LogP) is 1.57. The van der Waals surface area contributed by atoms with Crippen LogP contribution in [0, 0.1) is 0 Å². The highest BCUT2D eigenvalue weighted by molar-refractivity contribution is 6.30. The van der Waals surface area contributed by atoms with E-state index in [4.69, 9.17) is 11.6 Å². The highest BCUT2D eigenvalue weighted by atomic mass is 35.5. The molecule has 2 aromatic rings. The van der Waals surface area contributed by atoms with E-state index >= 15 is 0 Å². The first kappa shape index (κ1) is 18.1. The van der Waals surface area contributed by atoms with E-state index in [1.165, 1.54) is 0 Å². The van der Waals surface area contributed by atoms with E-state index in [1.807, 2.05) is 37.4 Å². The number of rotatable bonds is 4. The van der Waals surface area contributed by atoms with Crippen molar-refractivity contribution in [1.82, 2.24) is 25.3 Å². The third-order valence-electron chi connectivity index (χ3n) is 3.06. The maximum absolute atomic E-state index is 11.8. The van der Waals surface area contributed by atoms with Gasteiger partial charge in [0.1, 0.15) is 5.65 Å². The van der Waals surface area contributed by atoms with Crippen molar-refractivity contribution >= 4 is 29.1 Å². The molecule has 0 unspecified atom stereocenters. The van der Waals surface area contributed by atoms with Gasteiger partial charge in [0.05, 0.1) is 23.8 Å². The molecule has 24 heavy (non-hydrogen) atoms. The van der Waals surface area contributed by atoms with E-state index in [1.54, 1.807) is 19.3 Å². The first-order valence-corrected chi connectivity index (χ1v) is 8.03. The zero-order chi connectivity index (χ0) is 17.7. The zero-order valence-electron chi connectivity index (χ0n) is 14.4. The normalized spacial score (nSPS) is 12.3. The Labute approximate surface area is 146 Å². The molecule has 0 spiro atoms. The molecule has 0 atom stereocenters. The number of carbonyl (C=O) groups excluding carboxylic acids is 1. The number of aromatic nitrogens is 2. The molecule has 1 amide bonds. The van der Waals surface area contributed by atoms with Crippen LogP contribution in [0.5, 0.6) is 0 Å². The Morgan fingerprint density at radius 1 is 1.29 bits per heavy atom. The van der Waals surface area contributed by atoms with Gasteiger partial charge in [0.15, 0.2) is 5.96 Å². The molecule has 130 valence electrons. The Morgan fingerprint density at radius 2 is 2.04 bits per heavy atom. The van der Waals surface area contributed by atoms with Crippen molar-refractivity contribution in [2.24, 2.45) is 4.99 Å². The molecule has 0 fully saturated rings. The van der Waals surface area contributed by atoms with Crippen LogP contribution in [-0.4, -0.2) is 40.4 Å². The average Bonchev–Trinajstić information content (AvgIpc) is 2.87. The lowest BCUT2D eigenvalue weighted by molar-refractivity contribution is -0.121. The first-order valence-electron chi connectivity index (χ1n) is 7.65. The second kappa shape index (κ2) is 7.53. The lowest BCUT2D eigenvalue weighted by atomic mass is 10.1. The van der Waals surface area contributed by atoms with Gasteiger partial charge in [-0.1, -0.05) is 11.6 Å². The molecule has 0 saturated carbocycles. The summed E-state index contributed by atoms with van der Waals surface area (Å²) in [6.45, 7) is 6.45. The Kier molecular flexibility index (Phi) is 5.66. The molecule has 0 aliphatic heterocycles. The Bertz CT molecular complexity index is 747. The van der Waals surface area contributed by atoms with Crippen LogP contribution < -0.4 is 16.0 Å². The monoisotopic (exact) mass is 350 g/mol. The fourth-order valence-electron chi connectivity index (χ4n) is 2.12. The van der Waals surface area contributed by atoms with Crippen molar-refractivity contribution in [3.8, 4) is 0 Å². The number of hydrogen-bond acceptors (Lipinski definition) is 3. The Balaban J connectivity index is 1.87. The topological polar surface area (TPSA) is 82.8 Å². The summed E-state index contributed by atoms with van der Waals surface area (Å²) in [7, 11) is 1.65. The van der Waals surface area contributed by atoms with Crippen LogP contribution >= 0.6 is 11.6 Å². The van der Waals surface area contributed by atoms with Crippen molar-refractivity contribution in [3.05, 3.63) is 35.2 Å². The zero-order valence-corrected chi connectivity index (χ0v) is 15.1. The Morgan fingerprint density at radius 3 is 2.71 bits per heavy atom. The third kappa shape index (κ3) is 5.42. The van der Waals surface area contributed by atoms with E-state index in [9.17, 15) is 4.79 Å². The summed E-state index contributed by atoms with van der Waals surface area (Å²) in [5.41, 5.74) is 1.41. The molecule has 0 aromatic carbocycles. The largest absolute Gasteiger partial charge is 0.351 e. The van der Waals surface area contributed by atoms with Gasteiger partial charge in [-0.3, -0.25) is 9.79 Å². The van der Waals surface area contributed by atoms with Crippen LogP contribution in [0.3, 0.4) is 0 Å². The van der Waals surface area contributed by atoms with Gasteiger partial charge >= 0.3 is 0 Å². The number of nitrogens with one attached hydrogen (secondary N) is 3. The molecule has 0 aliphatic carbocycles. The molecule has 2 heterocycles. The van der Waals surface area contributed by atoms with Gasteiger partial charge in [-0.05, 0) is 32.9 Å². The van der Waals surface area contributed by atoms with Crippen molar-refractivity contribution in [2.45, 2.75) is 32.9 Å². The fourth-order valence-corrected chi connectivity index (χ4v) is 2.29. The molecule has 7 nitrogen and oxygen atoms in total. The van der Waals surface area contributed by atoms with E-state index in [0.29, 0.717) is 17.5 Å². The molecule has 0 radical (unpaired) electrons. The van der Waals surface area contributed by atoms with Crippen LogP contribution in [0.1, 0.15) is 26.5 Å². The highest BCUT2D eigenvalue weighted by Crippen LogP contribution is 2.11. The average molecular weight is 351 g/mol. The first-order chi connectivity index (χ1) is 11.3. The van der Waals surface area contributed by atoms with Gasteiger partial charge in [-0.15, -0.1) is 0 Å². The minimum atomic E-state index is -0.256. The van der Waals surface area contributed by atoms with E-state index < -0.39 is 0 Å². The third-order valence-corrected chi connectivity index (χ3v) is 3.28. The van der Waals surface area contributed by atoms with Gasteiger partial charge in [0.25, 0.3) is 0 Å². The van der Waals surface area contributed by atoms with E-state index in [-0.39, 0.29) is 18.0 Å². The van der Waals surface area contributed by atoms with Crippen molar-refractivity contribution in [2.75, 3.05) is 13.6 Å². The molecule has 0 bridgehead atoms. The lowest BCUT2D eigenvalue weighted by Crippen LogP contribution is -2.48. The lowest BCUT2D eigenvalue weighted by Gasteiger charge is -2.21. The minimum absolute atomic E-state index is 0.0900. The number of guanidine groups is 1. The number of nitrogens with zero attached hydrogens (tertiary/aromatic N) is 3. The van der Waals surface area contributed by atoms with Crippen LogP contribution in [0.2, 0.25) is 5.02 Å². The molecular formula is C16H23ClN6O. The summed E-state index contributed by atoms with van der Waals surface area (Å²) in [5, 5.41) is 9.64. The van der Waals surface area contributed by atoms with Crippen molar-refractivity contribution < 1.29 is 4.79 Å². The van der Waals surface area contributed by atoms with Crippen LogP contribution in [0.25, 0.3) is 5.65 Å². The van der Waals surface area contributed by atoms with Gasteiger partial charge in [0.2, 0.25) is 5.91 Å². The number of carbonyl (C=O) groups is 1. The van der Waals surface area contributed by atoms with Gasteiger partial charge in [-0.2, -0.15) is 0 Å². The molecule has 2 rings (SSSR count). The summed E-state index contributed by atoms with van der Waals surface area (Å²) in [5.74, 6) is 0.446. The quantitative estimate of drug-likeness (QED) is 0.577. The van der Waals surface area contributed by atoms with Gasteiger partial charge in [0, 0.05) is 25.0 Å². The van der Waals surface area contributed by atoms with Crippen LogP contribution in [-0.2, 0) is 11.3 Å². The van der Waals surface area contributed by atoms with Crippen LogP contribution in [0.4, 0.5) is 0 Å². The minimum Gasteiger partial charge on any atom is -0.351 e.